The molecule has 5 N–H and O–H groups in total. The minimum atomic E-state index is -1.19. The van der Waals surface area contributed by atoms with Crippen LogP contribution in [0.2, 0.25) is 0 Å². The van der Waals surface area contributed by atoms with Crippen molar-refractivity contribution in [1.29, 1.82) is 0 Å². The number of aromatic hydroxyl groups is 3. The topological polar surface area (TPSA) is 154 Å². The zero-order chi connectivity index (χ0) is 31.8. The molecule has 44 heavy (non-hydrogen) atoms. The molecule has 2 atom stereocenters. The van der Waals surface area contributed by atoms with Crippen LogP contribution in [-0.2, 0) is 21.4 Å². The fraction of sp³-hybridized carbons (Fsp3) is 0.486. The fourth-order valence-corrected chi connectivity index (χ4v) is 6.65. The molecule has 236 valence electrons. The van der Waals surface area contributed by atoms with E-state index in [1.165, 1.54) is 56.4 Å². The summed E-state index contributed by atoms with van der Waals surface area (Å²) in [6.07, 6.45) is 7.99. The molecular formula is C35H42O9. The maximum Gasteiger partial charge on any atom is 0.228 e. The van der Waals surface area contributed by atoms with Gasteiger partial charge in [-0.2, -0.15) is 0 Å². The molecule has 2 aromatic carbocycles. The van der Waals surface area contributed by atoms with Gasteiger partial charge in [0.25, 0.3) is 0 Å². The summed E-state index contributed by atoms with van der Waals surface area (Å²) in [5.74, 6) is -2.53. The molecule has 9 nitrogen and oxygen atoms in total. The van der Waals surface area contributed by atoms with E-state index in [-0.39, 0.29) is 58.5 Å². The second-order valence-corrected chi connectivity index (χ2v) is 12.6. The zero-order valence-corrected chi connectivity index (χ0v) is 25.6. The van der Waals surface area contributed by atoms with Gasteiger partial charge in [0.05, 0.1) is 11.7 Å². The number of phenols is 3. The van der Waals surface area contributed by atoms with Gasteiger partial charge in [-0.05, 0) is 30.5 Å². The van der Waals surface area contributed by atoms with Crippen molar-refractivity contribution in [1.82, 2.24) is 0 Å². The van der Waals surface area contributed by atoms with Gasteiger partial charge in [-0.3, -0.25) is 9.59 Å². The van der Waals surface area contributed by atoms with Crippen LogP contribution in [0.1, 0.15) is 108 Å². The molecule has 9 heteroatoms. The molecule has 0 radical (unpaired) electrons. The molecule has 3 aliphatic rings. The van der Waals surface area contributed by atoms with Crippen LogP contribution in [-0.4, -0.2) is 43.2 Å². The summed E-state index contributed by atoms with van der Waals surface area (Å²) < 4.78 is 12.3. The largest absolute Gasteiger partial charge is 0.507 e. The van der Waals surface area contributed by atoms with Crippen LogP contribution < -0.4 is 9.47 Å². The lowest BCUT2D eigenvalue weighted by atomic mass is 9.69. The monoisotopic (exact) mass is 606 g/mol. The summed E-state index contributed by atoms with van der Waals surface area (Å²) in [4.78, 5) is 27.3. The number of ether oxygens (including phenoxy) is 2. The van der Waals surface area contributed by atoms with Gasteiger partial charge in [0.2, 0.25) is 11.6 Å². The number of phenolic OH excluding ortho intramolecular Hbond substituents is 3. The lowest BCUT2D eigenvalue weighted by molar-refractivity contribution is -0.120. The van der Waals surface area contributed by atoms with E-state index in [1.807, 2.05) is 0 Å². The quantitative estimate of drug-likeness (QED) is 0.107. The van der Waals surface area contributed by atoms with E-state index < -0.39 is 34.9 Å². The molecule has 0 unspecified atom stereocenters. The molecule has 5 rings (SSSR count). The number of allylic oxidation sites excluding steroid dienone is 2. The van der Waals surface area contributed by atoms with Crippen LogP contribution in [0.15, 0.2) is 46.9 Å². The molecule has 1 aliphatic carbocycles. The van der Waals surface area contributed by atoms with Crippen molar-refractivity contribution in [3.63, 3.8) is 0 Å². The molecule has 2 heterocycles. The average molecular weight is 607 g/mol. The van der Waals surface area contributed by atoms with Crippen molar-refractivity contribution in [3.05, 3.63) is 63.6 Å². The Morgan fingerprint density at radius 2 is 1.50 bits per heavy atom. The predicted octanol–water partition coefficient (Wildman–Crippen LogP) is 6.65. The number of carbonyl (C=O) groups excluding carboxylic acids is 2. The summed E-state index contributed by atoms with van der Waals surface area (Å²) >= 11 is 0. The summed E-state index contributed by atoms with van der Waals surface area (Å²) in [6.45, 7) is 5.64. The van der Waals surface area contributed by atoms with E-state index in [2.05, 4.69) is 6.92 Å². The first-order valence-corrected chi connectivity index (χ1v) is 15.7. The lowest BCUT2D eigenvalue weighted by Gasteiger charge is -2.41. The number of Topliss-reactive ketones (excluding diaryl/α,β-unsaturated/α-hetero) is 2. The second-order valence-electron chi connectivity index (χ2n) is 12.6. The van der Waals surface area contributed by atoms with E-state index in [1.54, 1.807) is 13.8 Å². The number of aliphatic hydroxyl groups excluding tert-OH is 2. The number of benzene rings is 2. The highest BCUT2D eigenvalue weighted by atomic mass is 16.5. The number of rotatable bonds is 11. The minimum absolute atomic E-state index is 0.00442. The SMILES string of the molecule is CCCCCCCCCCCC1=C(O)C(=O)C2=C(Oc3cc(O)c4c(c3C2(C)C)O[C@@H](c2ccc(O)c(O)c2)[C@H](O)C4)C1=O. The van der Waals surface area contributed by atoms with Crippen molar-refractivity contribution in [3.8, 4) is 28.7 Å². The van der Waals surface area contributed by atoms with Gasteiger partial charge in [0, 0.05) is 34.6 Å². The standard InChI is InChI=1S/C35H42O9/c1-4-5-6-7-8-9-10-11-12-13-20-29(40)31(42)28-34(30(20)41)43-26-18-23(37)21-17-25(39)32(19-14-15-22(36)24(38)16-19)44-33(21)27(26)35(28,2)3/h14-16,18,25,32,36-40H,4-13,17H2,1-3H3/t25-,32+/m1/s1. The van der Waals surface area contributed by atoms with Crippen molar-refractivity contribution < 1.29 is 44.6 Å². The minimum Gasteiger partial charge on any atom is -0.507 e. The van der Waals surface area contributed by atoms with Gasteiger partial charge in [-0.1, -0.05) is 78.2 Å². The summed E-state index contributed by atoms with van der Waals surface area (Å²) in [5, 5.41) is 52.6. The van der Waals surface area contributed by atoms with Crippen LogP contribution in [0.4, 0.5) is 0 Å². The lowest BCUT2D eigenvalue weighted by Crippen LogP contribution is -2.40. The third-order valence-electron chi connectivity index (χ3n) is 9.09. The highest BCUT2D eigenvalue weighted by Crippen LogP contribution is 2.56. The highest BCUT2D eigenvalue weighted by Gasteiger charge is 2.50. The van der Waals surface area contributed by atoms with E-state index in [4.69, 9.17) is 9.47 Å². The van der Waals surface area contributed by atoms with E-state index >= 15 is 0 Å². The van der Waals surface area contributed by atoms with Crippen LogP contribution in [0.3, 0.4) is 0 Å². The molecule has 0 aromatic heterocycles. The third kappa shape index (κ3) is 5.65. The van der Waals surface area contributed by atoms with Gasteiger partial charge in [0.1, 0.15) is 23.4 Å². The first-order chi connectivity index (χ1) is 21.0. The molecule has 2 aromatic rings. The number of carbonyl (C=O) groups is 2. The Bertz CT molecular complexity index is 1530. The van der Waals surface area contributed by atoms with Crippen molar-refractivity contribution in [2.75, 3.05) is 0 Å². The van der Waals surface area contributed by atoms with Crippen LogP contribution in [0.25, 0.3) is 0 Å². The molecule has 0 fully saturated rings. The van der Waals surface area contributed by atoms with Crippen molar-refractivity contribution in [2.24, 2.45) is 0 Å². The van der Waals surface area contributed by atoms with Gasteiger partial charge in [0.15, 0.2) is 23.0 Å². The Hall–Kier alpha value is -3.98. The number of fused-ring (bicyclic) bond motifs is 3. The number of aliphatic hydroxyl groups is 2. The Kier molecular flexibility index (Phi) is 8.97. The summed E-state index contributed by atoms with van der Waals surface area (Å²) in [5.41, 5.74) is -0.0590. The third-order valence-corrected chi connectivity index (χ3v) is 9.09. The Morgan fingerprint density at radius 1 is 0.841 bits per heavy atom. The maximum atomic E-state index is 13.7. The molecule has 2 aliphatic heterocycles. The van der Waals surface area contributed by atoms with Crippen molar-refractivity contribution >= 4 is 11.6 Å². The van der Waals surface area contributed by atoms with Crippen LogP contribution >= 0.6 is 0 Å². The Labute approximate surface area is 257 Å². The highest BCUT2D eigenvalue weighted by molar-refractivity contribution is 6.24. The number of hydrogen-bond acceptors (Lipinski definition) is 9. The fourth-order valence-electron chi connectivity index (χ4n) is 6.65. The molecule has 0 saturated heterocycles. The first kappa shape index (κ1) is 31.4. The zero-order valence-electron chi connectivity index (χ0n) is 25.6. The second kappa shape index (κ2) is 12.6. The summed E-state index contributed by atoms with van der Waals surface area (Å²) in [6, 6.07) is 5.43. The summed E-state index contributed by atoms with van der Waals surface area (Å²) in [7, 11) is 0. The van der Waals surface area contributed by atoms with Gasteiger partial charge in [-0.15, -0.1) is 0 Å². The maximum absolute atomic E-state index is 13.7. The molecular weight excluding hydrogens is 564 g/mol. The van der Waals surface area contributed by atoms with Gasteiger partial charge >= 0.3 is 0 Å². The molecule has 0 saturated carbocycles. The smallest absolute Gasteiger partial charge is 0.228 e. The van der Waals surface area contributed by atoms with E-state index in [0.717, 1.165) is 19.3 Å². The van der Waals surface area contributed by atoms with Gasteiger partial charge in [-0.25, -0.2) is 0 Å². The number of unbranched alkanes of at least 4 members (excludes halogenated alkanes) is 8. The van der Waals surface area contributed by atoms with Crippen LogP contribution in [0, 0.1) is 0 Å². The number of hydrogen-bond donors (Lipinski definition) is 5. The van der Waals surface area contributed by atoms with Crippen LogP contribution in [0.5, 0.6) is 28.7 Å². The molecule has 0 spiro atoms. The predicted molar refractivity (Wildman–Crippen MR) is 163 cm³/mol. The Morgan fingerprint density at radius 3 is 2.16 bits per heavy atom. The molecule has 0 bridgehead atoms. The van der Waals surface area contributed by atoms with Crippen molar-refractivity contribution in [2.45, 2.75) is 109 Å². The number of ketones is 2. The van der Waals surface area contributed by atoms with Gasteiger partial charge < -0.3 is 35.0 Å². The van der Waals surface area contributed by atoms with E-state index in [9.17, 15) is 35.1 Å². The normalized spacial score (nSPS) is 20.5. The average Bonchev–Trinajstić information content (AvgIpc) is 2.97. The first-order valence-electron chi connectivity index (χ1n) is 15.7. The Balaban J connectivity index is 1.39. The molecule has 0 amide bonds. The van der Waals surface area contributed by atoms with E-state index in [0.29, 0.717) is 23.1 Å².